The van der Waals surface area contributed by atoms with Gasteiger partial charge in [0.2, 0.25) is 0 Å². The second-order valence-electron chi connectivity index (χ2n) is 7.04. The van der Waals surface area contributed by atoms with E-state index in [1.54, 1.807) is 7.11 Å². The van der Waals surface area contributed by atoms with E-state index in [0.29, 0.717) is 0 Å². The van der Waals surface area contributed by atoms with Crippen molar-refractivity contribution in [3.63, 3.8) is 0 Å². The van der Waals surface area contributed by atoms with Crippen molar-refractivity contribution >= 4 is 5.97 Å². The number of esters is 1. The predicted octanol–water partition coefficient (Wildman–Crippen LogP) is 3.88. The number of hydrogen-bond acceptors (Lipinski definition) is 3. The number of carbonyl (C=O) groups is 1. The number of benzene rings is 1. The summed E-state index contributed by atoms with van der Waals surface area (Å²) < 4.78 is 10.7. The summed E-state index contributed by atoms with van der Waals surface area (Å²) in [5, 5.41) is 0. The molecule has 0 atom stereocenters. The van der Waals surface area contributed by atoms with Gasteiger partial charge in [-0.25, -0.2) is 0 Å². The van der Waals surface area contributed by atoms with Crippen LogP contribution in [-0.2, 0) is 21.4 Å². The van der Waals surface area contributed by atoms with Gasteiger partial charge in [0, 0.05) is 5.56 Å². The zero-order valence-electron chi connectivity index (χ0n) is 13.7. The molecular formula is C17H26O3. The maximum Gasteiger partial charge on any atom is 0.310 e. The lowest BCUT2D eigenvalue weighted by molar-refractivity contribution is -0.153. The highest BCUT2D eigenvalue weighted by molar-refractivity contribution is 5.74. The average molecular weight is 278 g/mol. The van der Waals surface area contributed by atoms with E-state index in [2.05, 4.69) is 20.8 Å². The second kappa shape index (κ2) is 5.86. The Morgan fingerprint density at radius 2 is 1.70 bits per heavy atom. The number of ether oxygens (including phenoxy) is 2. The maximum absolute atomic E-state index is 11.9. The molecular weight excluding hydrogens is 252 g/mol. The lowest BCUT2D eigenvalue weighted by Crippen LogP contribution is -2.25. The van der Waals surface area contributed by atoms with Crippen LogP contribution in [0.15, 0.2) is 18.2 Å². The molecule has 0 spiro atoms. The first-order chi connectivity index (χ1) is 9.03. The third-order valence-electron chi connectivity index (χ3n) is 2.91. The van der Waals surface area contributed by atoms with Gasteiger partial charge >= 0.3 is 5.97 Å². The molecule has 0 fully saturated rings. The minimum Gasteiger partial charge on any atom is -0.496 e. The summed E-state index contributed by atoms with van der Waals surface area (Å²) in [6, 6.07) is 5.99. The van der Waals surface area contributed by atoms with E-state index < -0.39 is 5.60 Å². The molecule has 1 aromatic rings. The van der Waals surface area contributed by atoms with Crippen molar-refractivity contribution in [2.45, 2.75) is 59.0 Å². The van der Waals surface area contributed by atoms with Gasteiger partial charge in [0.1, 0.15) is 11.4 Å². The van der Waals surface area contributed by atoms with Crippen LogP contribution >= 0.6 is 0 Å². The molecule has 0 N–H and O–H groups in total. The van der Waals surface area contributed by atoms with Crippen LogP contribution in [0.25, 0.3) is 0 Å². The highest BCUT2D eigenvalue weighted by atomic mass is 16.6. The first-order valence-electron chi connectivity index (χ1n) is 6.92. The van der Waals surface area contributed by atoms with Crippen LogP contribution in [0.4, 0.5) is 0 Å². The maximum atomic E-state index is 11.9. The normalized spacial score (nSPS) is 12.2. The van der Waals surface area contributed by atoms with E-state index in [0.717, 1.165) is 11.3 Å². The molecule has 0 unspecified atom stereocenters. The fourth-order valence-electron chi connectivity index (χ4n) is 1.89. The smallest absolute Gasteiger partial charge is 0.310 e. The van der Waals surface area contributed by atoms with Gasteiger partial charge in [0.15, 0.2) is 0 Å². The van der Waals surface area contributed by atoms with Gasteiger partial charge < -0.3 is 9.47 Å². The summed E-state index contributed by atoms with van der Waals surface area (Å²) in [7, 11) is 1.63. The minimum atomic E-state index is -0.463. The molecule has 0 saturated carbocycles. The summed E-state index contributed by atoms with van der Waals surface area (Å²) in [5.41, 5.74) is 1.63. The third kappa shape index (κ3) is 4.87. The van der Waals surface area contributed by atoms with Crippen molar-refractivity contribution in [2.75, 3.05) is 7.11 Å². The first kappa shape index (κ1) is 16.5. The zero-order valence-corrected chi connectivity index (χ0v) is 13.7. The van der Waals surface area contributed by atoms with Crippen LogP contribution in [0.3, 0.4) is 0 Å². The SMILES string of the molecule is COc1cc(C(C)(C)C)ccc1CC(=O)OC(C)(C)C. The Hall–Kier alpha value is -1.51. The molecule has 0 saturated heterocycles. The van der Waals surface area contributed by atoms with Crippen molar-refractivity contribution in [1.29, 1.82) is 0 Å². The van der Waals surface area contributed by atoms with Gasteiger partial charge in [-0.1, -0.05) is 32.9 Å². The number of hydrogen-bond donors (Lipinski definition) is 0. The Labute approximate surface area is 122 Å². The highest BCUT2D eigenvalue weighted by Crippen LogP contribution is 2.29. The van der Waals surface area contributed by atoms with E-state index >= 15 is 0 Å². The van der Waals surface area contributed by atoms with Crippen LogP contribution in [0, 0.1) is 0 Å². The molecule has 0 aliphatic heterocycles. The van der Waals surface area contributed by atoms with E-state index in [-0.39, 0.29) is 17.8 Å². The van der Waals surface area contributed by atoms with Crippen LogP contribution in [0.5, 0.6) is 5.75 Å². The van der Waals surface area contributed by atoms with E-state index in [1.807, 2.05) is 39.0 Å². The Morgan fingerprint density at radius 3 is 2.15 bits per heavy atom. The van der Waals surface area contributed by atoms with Crippen LogP contribution in [0.1, 0.15) is 52.7 Å². The predicted molar refractivity (Wildman–Crippen MR) is 81.2 cm³/mol. The summed E-state index contributed by atoms with van der Waals surface area (Å²) >= 11 is 0. The second-order valence-corrected chi connectivity index (χ2v) is 7.04. The van der Waals surface area contributed by atoms with Crippen molar-refractivity contribution in [1.82, 2.24) is 0 Å². The molecule has 0 aliphatic rings. The van der Waals surface area contributed by atoms with Crippen LogP contribution in [0.2, 0.25) is 0 Å². The fraction of sp³-hybridized carbons (Fsp3) is 0.588. The molecule has 3 nitrogen and oxygen atoms in total. The average Bonchev–Trinajstić information content (AvgIpc) is 2.25. The summed E-state index contributed by atoms with van der Waals surface area (Å²) in [4.78, 5) is 11.9. The molecule has 0 aliphatic carbocycles. The zero-order chi connectivity index (χ0) is 15.6. The highest BCUT2D eigenvalue weighted by Gasteiger charge is 2.20. The summed E-state index contributed by atoms with van der Waals surface area (Å²) in [6.45, 7) is 12.0. The van der Waals surface area contributed by atoms with Crippen LogP contribution < -0.4 is 4.74 Å². The van der Waals surface area contributed by atoms with Gasteiger partial charge in [0.25, 0.3) is 0 Å². The van der Waals surface area contributed by atoms with Gasteiger partial charge in [-0.3, -0.25) is 4.79 Å². The van der Waals surface area contributed by atoms with Crippen molar-refractivity contribution in [3.8, 4) is 5.75 Å². The first-order valence-corrected chi connectivity index (χ1v) is 6.92. The molecule has 0 radical (unpaired) electrons. The monoisotopic (exact) mass is 278 g/mol. The summed E-state index contributed by atoms with van der Waals surface area (Å²) in [6.07, 6.45) is 0.227. The summed E-state index contributed by atoms with van der Waals surface area (Å²) in [5.74, 6) is 0.502. The molecule has 0 amide bonds. The largest absolute Gasteiger partial charge is 0.496 e. The Kier molecular flexibility index (Phi) is 4.85. The fourth-order valence-corrected chi connectivity index (χ4v) is 1.89. The van der Waals surface area contributed by atoms with E-state index in [4.69, 9.17) is 9.47 Å². The number of carbonyl (C=O) groups excluding carboxylic acids is 1. The molecule has 0 aromatic heterocycles. The van der Waals surface area contributed by atoms with Crippen LogP contribution in [-0.4, -0.2) is 18.7 Å². The lowest BCUT2D eigenvalue weighted by Gasteiger charge is -2.22. The minimum absolute atomic E-state index is 0.0533. The molecule has 20 heavy (non-hydrogen) atoms. The Morgan fingerprint density at radius 1 is 1.10 bits per heavy atom. The number of rotatable bonds is 3. The number of methoxy groups -OCH3 is 1. The van der Waals surface area contributed by atoms with Crippen molar-refractivity contribution in [2.24, 2.45) is 0 Å². The van der Waals surface area contributed by atoms with Gasteiger partial charge in [-0.15, -0.1) is 0 Å². The molecule has 3 heteroatoms. The standard InChI is InChI=1S/C17H26O3/c1-16(2,3)13-9-8-12(14(11-13)19-7)10-15(18)20-17(4,5)6/h8-9,11H,10H2,1-7H3. The third-order valence-corrected chi connectivity index (χ3v) is 2.91. The molecule has 1 aromatic carbocycles. The Bertz CT molecular complexity index is 476. The van der Waals surface area contributed by atoms with Crippen molar-refractivity contribution < 1.29 is 14.3 Å². The quantitative estimate of drug-likeness (QED) is 0.787. The van der Waals surface area contributed by atoms with Gasteiger partial charge in [0.05, 0.1) is 13.5 Å². The molecule has 0 heterocycles. The molecule has 112 valence electrons. The Balaban J connectivity index is 2.94. The molecule has 0 bridgehead atoms. The lowest BCUT2D eigenvalue weighted by atomic mass is 9.86. The van der Waals surface area contributed by atoms with Gasteiger partial charge in [-0.05, 0) is 37.8 Å². The van der Waals surface area contributed by atoms with E-state index in [1.165, 1.54) is 5.56 Å². The van der Waals surface area contributed by atoms with Crippen molar-refractivity contribution in [3.05, 3.63) is 29.3 Å². The molecule has 1 rings (SSSR count). The van der Waals surface area contributed by atoms with E-state index in [9.17, 15) is 4.79 Å². The topological polar surface area (TPSA) is 35.5 Å². The van der Waals surface area contributed by atoms with Gasteiger partial charge in [-0.2, -0.15) is 0 Å².